The van der Waals surface area contributed by atoms with E-state index in [1.54, 1.807) is 24.3 Å². The quantitative estimate of drug-likeness (QED) is 0.0660. The van der Waals surface area contributed by atoms with Crippen LogP contribution in [0.4, 0.5) is 0 Å². The Morgan fingerprint density at radius 3 is 1.79 bits per heavy atom. The summed E-state index contributed by atoms with van der Waals surface area (Å²) in [5.74, 6) is 3.46. The van der Waals surface area contributed by atoms with Gasteiger partial charge in [-0.3, -0.25) is 9.35 Å². The smallest absolute Gasteiger partial charge is 0.294 e. The van der Waals surface area contributed by atoms with Gasteiger partial charge in [0.05, 0.1) is 64.2 Å². The summed E-state index contributed by atoms with van der Waals surface area (Å²) in [6.07, 6.45) is 7.99. The molecule has 0 aliphatic carbocycles. The summed E-state index contributed by atoms with van der Waals surface area (Å²) in [5, 5.41) is 14.4. The summed E-state index contributed by atoms with van der Waals surface area (Å²) in [5.41, 5.74) is 3.83. The van der Waals surface area contributed by atoms with Gasteiger partial charge in [-0.25, -0.2) is 31.8 Å². The van der Waals surface area contributed by atoms with Crippen molar-refractivity contribution in [3.63, 3.8) is 0 Å². The topological polar surface area (TPSA) is 283 Å². The molecule has 1 aliphatic rings. The van der Waals surface area contributed by atoms with Crippen LogP contribution >= 0.6 is 0 Å². The van der Waals surface area contributed by atoms with Crippen molar-refractivity contribution in [1.29, 1.82) is 0 Å². The molecule has 8 rings (SSSR count). The molecule has 4 aromatic heterocycles. The number of rotatable bonds is 15. The molecule has 0 amide bonds. The number of nitrogens with one attached hydrogen (secondary N) is 3. The van der Waals surface area contributed by atoms with Crippen LogP contribution in [-0.2, 0) is 47.6 Å². The van der Waals surface area contributed by atoms with Crippen LogP contribution in [0.2, 0.25) is 0 Å². The Morgan fingerprint density at radius 1 is 0.716 bits per heavy atom. The number of aliphatic hydroxyl groups excluding tert-OH is 1. The lowest BCUT2D eigenvalue weighted by Gasteiger charge is -2.23. The van der Waals surface area contributed by atoms with Gasteiger partial charge in [0.2, 0.25) is 12.2 Å². The van der Waals surface area contributed by atoms with Crippen LogP contribution < -0.4 is 20.9 Å². The number of fused-ring (bicyclic) bond motifs is 2. The molecule has 0 radical (unpaired) electrons. The molecule has 1 aliphatic heterocycles. The first kappa shape index (κ1) is 52.1. The summed E-state index contributed by atoms with van der Waals surface area (Å²) >= 11 is 0. The van der Waals surface area contributed by atoms with E-state index in [9.17, 15) is 30.0 Å². The number of hydrogen-bond donors (Lipinski definition) is 5. The second-order valence-corrected chi connectivity index (χ2v) is 21.2. The van der Waals surface area contributed by atoms with Crippen molar-refractivity contribution in [3.05, 3.63) is 125 Å². The van der Waals surface area contributed by atoms with Gasteiger partial charge in [0.1, 0.15) is 49.0 Å². The van der Waals surface area contributed by atoms with Crippen molar-refractivity contribution in [2.24, 2.45) is 0 Å². The van der Waals surface area contributed by atoms with E-state index in [2.05, 4.69) is 30.6 Å². The number of sulfone groups is 2. The first-order valence-electron chi connectivity index (χ1n) is 20.8. The van der Waals surface area contributed by atoms with Gasteiger partial charge in [-0.05, 0) is 92.6 Å². The average Bonchev–Trinajstić information content (AvgIpc) is 3.98. The Hall–Kier alpha value is -5.85. The lowest BCUT2D eigenvalue weighted by molar-refractivity contribution is -0.107. The molecule has 5 heterocycles. The molecular formula is C45H54N6O13S3. The molecule has 1 saturated heterocycles. The van der Waals surface area contributed by atoms with Gasteiger partial charge in [-0.2, -0.15) is 8.42 Å². The first-order valence-corrected chi connectivity index (χ1v) is 26.4. The molecule has 0 saturated carbocycles. The Bertz CT molecular complexity index is 3090. The van der Waals surface area contributed by atoms with E-state index in [0.717, 1.165) is 59.7 Å². The Labute approximate surface area is 388 Å². The maximum atomic E-state index is 11.8. The van der Waals surface area contributed by atoms with Crippen molar-refractivity contribution in [2.45, 2.75) is 50.5 Å². The van der Waals surface area contributed by atoms with Crippen molar-refractivity contribution < 1.29 is 53.2 Å². The van der Waals surface area contributed by atoms with Crippen LogP contribution in [-0.4, -0.2) is 112 Å². The predicted octanol–water partition coefficient (Wildman–Crippen LogP) is 5.10. The molecule has 67 heavy (non-hydrogen) atoms. The van der Waals surface area contributed by atoms with Gasteiger partial charge in [0.15, 0.2) is 0 Å². The van der Waals surface area contributed by atoms with Crippen LogP contribution in [0.1, 0.15) is 36.3 Å². The van der Waals surface area contributed by atoms with Gasteiger partial charge in [-0.1, -0.05) is 17.7 Å². The van der Waals surface area contributed by atoms with Gasteiger partial charge in [0, 0.05) is 50.3 Å². The molecule has 22 heteroatoms. The number of nitrogens with zero attached hydrogens (tertiary/aromatic N) is 3. The minimum atomic E-state index is -4.02. The summed E-state index contributed by atoms with van der Waals surface area (Å²) in [4.78, 5) is 27.1. The number of ether oxygens (including phenoxy) is 2. The molecule has 1 fully saturated rings. The number of aromatic nitrogens is 4. The Kier molecular flexibility index (Phi) is 18.9. The molecule has 0 spiro atoms. The van der Waals surface area contributed by atoms with Crippen LogP contribution in [0.3, 0.4) is 0 Å². The molecule has 3 aromatic carbocycles. The molecule has 360 valence electrons. The molecule has 1 unspecified atom stereocenters. The normalized spacial score (nSPS) is 14.0. The van der Waals surface area contributed by atoms with Crippen molar-refractivity contribution in [3.8, 4) is 28.5 Å². The number of aliphatic hydroxyl groups is 1. The molecule has 19 nitrogen and oxygen atoms in total. The number of aromatic amines is 1. The Balaban J connectivity index is 0.000000202. The summed E-state index contributed by atoms with van der Waals surface area (Å²) in [7, 11) is -8.97. The minimum Gasteiger partial charge on any atom is -0.460 e. The second-order valence-electron chi connectivity index (χ2n) is 15.2. The number of benzene rings is 3. The van der Waals surface area contributed by atoms with Crippen LogP contribution in [0.5, 0.6) is 5.88 Å². The zero-order valence-electron chi connectivity index (χ0n) is 37.3. The monoisotopic (exact) mass is 982 g/mol. The van der Waals surface area contributed by atoms with Gasteiger partial charge >= 0.3 is 0 Å². The molecule has 5 N–H and O–H groups in total. The standard InChI is InChI=1S/C21H25N3O5S.C16H17N3O4S.C7H8O3S.CH4O/c1-30(25,26)11-9-22-13-16-6-8-19(28-16)15-5-7-18-17(12-15)21(24-14-23-18)29-20-4-2-3-10-27-20;1-24(21,22)7-6-17-9-12-3-5-15(23-12)11-2-4-14-13(8-11)16(20)19-10-18-14;1-6-2-4-7(5-3-6)11(8,9)10;1-2/h5-8,12,14,20,22H,2-4,9-11,13H2,1H3;2-5,8,10,17H,6-7,9H2,1H3,(H,18,19,20);2-5H,1H3,(H,8,9,10);2H,1H3. The van der Waals surface area contributed by atoms with Gasteiger partial charge in [0.25, 0.3) is 15.7 Å². The third kappa shape index (κ3) is 16.8. The van der Waals surface area contributed by atoms with Crippen molar-refractivity contribution in [2.75, 3.05) is 50.8 Å². The predicted molar refractivity (Wildman–Crippen MR) is 253 cm³/mol. The first-order chi connectivity index (χ1) is 31.9. The fourth-order valence-corrected chi connectivity index (χ4v) is 7.85. The highest BCUT2D eigenvalue weighted by Gasteiger charge is 2.18. The van der Waals surface area contributed by atoms with Crippen LogP contribution in [0.15, 0.2) is 116 Å². The summed E-state index contributed by atoms with van der Waals surface area (Å²) < 4.78 is 97.4. The van der Waals surface area contributed by atoms with Crippen LogP contribution in [0.25, 0.3) is 44.5 Å². The third-order valence-electron chi connectivity index (χ3n) is 9.73. The fraction of sp³-hybridized carbons (Fsp3) is 0.333. The maximum Gasteiger partial charge on any atom is 0.294 e. The molecule has 0 bridgehead atoms. The molecular weight excluding hydrogens is 929 g/mol. The van der Waals surface area contributed by atoms with E-state index < -0.39 is 29.8 Å². The lowest BCUT2D eigenvalue weighted by atomic mass is 10.1. The highest BCUT2D eigenvalue weighted by atomic mass is 32.2. The summed E-state index contributed by atoms with van der Waals surface area (Å²) in [6, 6.07) is 24.5. The highest BCUT2D eigenvalue weighted by Crippen LogP contribution is 2.31. The largest absolute Gasteiger partial charge is 0.460 e. The molecule has 7 aromatic rings. The van der Waals surface area contributed by atoms with E-state index in [1.807, 2.05) is 55.5 Å². The number of furan rings is 2. The Morgan fingerprint density at radius 2 is 1.27 bits per heavy atom. The van der Waals surface area contributed by atoms with Gasteiger partial charge < -0.3 is 39.0 Å². The molecule has 1 atom stereocenters. The van der Waals surface area contributed by atoms with Gasteiger partial charge in [-0.15, -0.1) is 0 Å². The second kappa shape index (κ2) is 24.3. The minimum absolute atomic E-state index is 0.0666. The fourth-order valence-electron chi connectivity index (χ4n) is 6.34. The van der Waals surface area contributed by atoms with Crippen molar-refractivity contribution >= 4 is 51.6 Å². The zero-order chi connectivity index (χ0) is 48.6. The SMILES string of the molecule is CO.CS(=O)(=O)CCNCc1ccc(-c2ccc3nc[nH]c(=O)c3c2)o1.CS(=O)(=O)CCNCc1ccc(-c2ccc3ncnc(OC4CCCCO4)c3c2)o1.Cc1ccc(S(=O)(=O)O)cc1. The van der Waals surface area contributed by atoms with E-state index in [0.29, 0.717) is 66.8 Å². The average molecular weight is 983 g/mol. The van der Waals surface area contributed by atoms with Crippen molar-refractivity contribution in [1.82, 2.24) is 30.6 Å². The third-order valence-corrected chi connectivity index (χ3v) is 12.5. The van der Waals surface area contributed by atoms with E-state index in [4.69, 9.17) is 28.0 Å². The number of H-pyrrole nitrogens is 1. The van der Waals surface area contributed by atoms with Crippen LogP contribution in [0, 0.1) is 6.92 Å². The van der Waals surface area contributed by atoms with E-state index in [-0.39, 0.29) is 28.3 Å². The number of aryl methyl sites for hydroxylation is 1. The zero-order valence-corrected chi connectivity index (χ0v) is 39.8. The lowest BCUT2D eigenvalue weighted by Crippen LogP contribution is -2.25. The van der Waals surface area contributed by atoms with E-state index >= 15 is 0 Å². The maximum absolute atomic E-state index is 11.8. The van der Waals surface area contributed by atoms with E-state index in [1.165, 1.54) is 37.3 Å². The summed E-state index contributed by atoms with van der Waals surface area (Å²) in [6.45, 7) is 4.18. The highest BCUT2D eigenvalue weighted by molar-refractivity contribution is 7.90. The number of hydrogen-bond acceptors (Lipinski definition) is 17.